The van der Waals surface area contributed by atoms with E-state index in [0.717, 1.165) is 54.6 Å². The van der Waals surface area contributed by atoms with E-state index in [0.29, 0.717) is 0 Å². The lowest BCUT2D eigenvalue weighted by Crippen LogP contribution is -2.16. The summed E-state index contributed by atoms with van der Waals surface area (Å²) in [4.78, 5) is 45.7. The van der Waals surface area contributed by atoms with Crippen molar-refractivity contribution in [2.24, 2.45) is 0 Å². The molecule has 1 heterocycles. The van der Waals surface area contributed by atoms with Crippen molar-refractivity contribution in [1.29, 1.82) is 0 Å². The average Bonchev–Trinajstić information content (AvgIpc) is 2.87. The first-order valence-electron chi connectivity index (χ1n) is 10.4. The molecule has 0 unspecified atom stereocenters. The highest BCUT2D eigenvalue weighted by Gasteiger charge is 2.41. The first-order valence-corrected chi connectivity index (χ1v) is 10.4. The quantitative estimate of drug-likeness (QED) is 0.127. The summed E-state index contributed by atoms with van der Waals surface area (Å²) in [5.41, 5.74) is -2.50. The van der Waals surface area contributed by atoms with E-state index >= 15 is 0 Å². The number of aryl methyl sites for hydroxylation is 1. The Morgan fingerprint density at radius 2 is 1.45 bits per heavy atom. The van der Waals surface area contributed by atoms with Gasteiger partial charge in [-0.1, -0.05) is 0 Å². The van der Waals surface area contributed by atoms with Crippen LogP contribution >= 0.6 is 0 Å². The number of carbonyl (C=O) groups excluding carboxylic acids is 1. The predicted octanol–water partition coefficient (Wildman–Crippen LogP) is 5.95. The molecule has 0 saturated carbocycles. The molecule has 194 valence electrons. The molecule has 14 heteroatoms. The van der Waals surface area contributed by atoms with Gasteiger partial charge in [-0.05, 0) is 43.3 Å². The molecule has 0 amide bonds. The topological polar surface area (TPSA) is 152 Å². The van der Waals surface area contributed by atoms with Crippen molar-refractivity contribution in [2.75, 3.05) is 0 Å². The molecule has 0 radical (unpaired) electrons. The van der Waals surface area contributed by atoms with Gasteiger partial charge < -0.3 is 13.9 Å². The van der Waals surface area contributed by atoms with Crippen molar-refractivity contribution in [2.45, 2.75) is 13.1 Å². The number of nitrogens with zero attached hydrogens (tertiary/aromatic N) is 2. The number of esters is 1. The third-order valence-electron chi connectivity index (χ3n) is 5.26. The van der Waals surface area contributed by atoms with Gasteiger partial charge in [0, 0.05) is 29.8 Å². The Labute approximate surface area is 208 Å². The van der Waals surface area contributed by atoms with Crippen molar-refractivity contribution >= 4 is 28.3 Å². The van der Waals surface area contributed by atoms with Crippen LogP contribution < -0.4 is 14.9 Å². The third-order valence-corrected chi connectivity index (χ3v) is 5.26. The number of halogens is 3. The predicted molar refractivity (Wildman–Crippen MR) is 123 cm³/mol. The molecule has 0 aliphatic carbocycles. The molecule has 0 bridgehead atoms. The first kappa shape index (κ1) is 25.8. The summed E-state index contributed by atoms with van der Waals surface area (Å²) >= 11 is 0. The third kappa shape index (κ3) is 5.00. The molecule has 4 aromatic rings. The second-order valence-corrected chi connectivity index (χ2v) is 7.70. The van der Waals surface area contributed by atoms with Crippen molar-refractivity contribution in [3.05, 3.63) is 108 Å². The standard InChI is InChI=1S/C24H13F3N2O9/c1-12-18(37-23(31)13-2-4-14(5-3-13)28(32)33)11-10-17-19(30)21(22(24(25,26)27)38-20(12)17)36-16-8-6-15(7-9-16)29(34)35/h2-11H,1H3. The van der Waals surface area contributed by atoms with Crippen LogP contribution in [-0.4, -0.2) is 15.8 Å². The van der Waals surface area contributed by atoms with Crippen LogP contribution in [0.1, 0.15) is 21.7 Å². The number of nitro groups is 2. The number of carbonyl (C=O) groups is 1. The van der Waals surface area contributed by atoms with Crippen molar-refractivity contribution in [3.8, 4) is 17.2 Å². The van der Waals surface area contributed by atoms with Gasteiger partial charge in [0.2, 0.25) is 11.2 Å². The van der Waals surface area contributed by atoms with Gasteiger partial charge in [-0.3, -0.25) is 25.0 Å². The Balaban J connectivity index is 1.74. The second-order valence-electron chi connectivity index (χ2n) is 7.70. The van der Waals surface area contributed by atoms with Gasteiger partial charge in [0.1, 0.15) is 17.1 Å². The molecule has 0 aliphatic heterocycles. The van der Waals surface area contributed by atoms with Crippen LogP contribution in [0.2, 0.25) is 0 Å². The second kappa shape index (κ2) is 9.65. The monoisotopic (exact) mass is 530 g/mol. The molecule has 38 heavy (non-hydrogen) atoms. The van der Waals surface area contributed by atoms with E-state index < -0.39 is 44.5 Å². The summed E-state index contributed by atoms with van der Waals surface area (Å²) in [6, 6.07) is 10.7. The molecular weight excluding hydrogens is 517 g/mol. The minimum absolute atomic E-state index is 0.0700. The maximum atomic E-state index is 13.8. The van der Waals surface area contributed by atoms with Crippen LogP contribution in [0.5, 0.6) is 17.2 Å². The fraction of sp³-hybridized carbons (Fsp3) is 0.0833. The summed E-state index contributed by atoms with van der Waals surface area (Å²) < 4.78 is 57.0. The lowest BCUT2D eigenvalue weighted by atomic mass is 10.1. The normalized spacial score (nSPS) is 11.3. The van der Waals surface area contributed by atoms with Crippen molar-refractivity contribution in [1.82, 2.24) is 0 Å². The maximum Gasteiger partial charge on any atom is 0.453 e. The highest BCUT2D eigenvalue weighted by atomic mass is 19.4. The zero-order valence-electron chi connectivity index (χ0n) is 19.0. The Morgan fingerprint density at radius 1 is 0.895 bits per heavy atom. The van der Waals surface area contributed by atoms with Gasteiger partial charge in [0.05, 0.1) is 20.8 Å². The Kier molecular flexibility index (Phi) is 6.55. The van der Waals surface area contributed by atoms with Crippen LogP contribution in [0.4, 0.5) is 24.5 Å². The van der Waals surface area contributed by atoms with Gasteiger partial charge in [-0.25, -0.2) is 4.79 Å². The van der Waals surface area contributed by atoms with Crippen LogP contribution in [-0.2, 0) is 6.18 Å². The summed E-state index contributed by atoms with van der Waals surface area (Å²) in [6.07, 6.45) is -5.18. The molecule has 1 aromatic heterocycles. The van der Waals surface area contributed by atoms with E-state index in [9.17, 15) is 43.0 Å². The van der Waals surface area contributed by atoms with Crippen LogP contribution in [0.3, 0.4) is 0 Å². The van der Waals surface area contributed by atoms with Gasteiger partial charge in [-0.15, -0.1) is 0 Å². The van der Waals surface area contributed by atoms with E-state index in [1.807, 2.05) is 0 Å². The van der Waals surface area contributed by atoms with E-state index in [1.54, 1.807) is 0 Å². The largest absolute Gasteiger partial charge is 0.453 e. The van der Waals surface area contributed by atoms with Gasteiger partial charge >= 0.3 is 12.1 Å². The molecule has 0 fully saturated rings. The van der Waals surface area contributed by atoms with Crippen LogP contribution in [0, 0.1) is 27.2 Å². The Hall–Kier alpha value is -5.27. The number of ether oxygens (including phenoxy) is 2. The molecule has 0 atom stereocenters. The highest BCUT2D eigenvalue weighted by molar-refractivity contribution is 5.92. The van der Waals surface area contributed by atoms with Gasteiger partial charge in [0.15, 0.2) is 0 Å². The minimum atomic E-state index is -5.18. The summed E-state index contributed by atoms with van der Waals surface area (Å²) in [5.74, 6) is -4.41. The van der Waals surface area contributed by atoms with Gasteiger partial charge in [-0.2, -0.15) is 13.2 Å². The Morgan fingerprint density at radius 3 is 1.97 bits per heavy atom. The summed E-state index contributed by atoms with van der Waals surface area (Å²) in [7, 11) is 0. The SMILES string of the molecule is Cc1c(OC(=O)c2ccc([N+](=O)[O-])cc2)ccc2c(=O)c(Oc3ccc([N+](=O)[O-])cc3)c(C(F)(F)F)oc12. The molecular formula is C24H13F3N2O9. The zero-order valence-corrected chi connectivity index (χ0v) is 19.0. The average molecular weight is 530 g/mol. The van der Waals surface area contributed by atoms with E-state index in [-0.39, 0.29) is 39.4 Å². The number of nitro benzene ring substituents is 2. The number of rotatable bonds is 6. The fourth-order valence-corrected chi connectivity index (χ4v) is 3.38. The zero-order chi connectivity index (χ0) is 27.8. The molecule has 11 nitrogen and oxygen atoms in total. The number of alkyl halides is 3. The molecule has 0 saturated heterocycles. The first-order chi connectivity index (χ1) is 17.9. The summed E-state index contributed by atoms with van der Waals surface area (Å²) in [6.45, 7) is 1.26. The molecule has 0 N–H and O–H groups in total. The number of non-ortho nitro benzene ring substituents is 2. The number of fused-ring (bicyclic) bond motifs is 1. The van der Waals surface area contributed by atoms with E-state index in [1.165, 1.54) is 13.0 Å². The summed E-state index contributed by atoms with van der Waals surface area (Å²) in [5, 5.41) is 21.3. The Bertz CT molecular complexity index is 1650. The van der Waals surface area contributed by atoms with Crippen molar-refractivity contribution < 1.29 is 41.7 Å². The molecule has 0 aliphatic rings. The lowest BCUT2D eigenvalue weighted by molar-refractivity contribution is -0.385. The minimum Gasteiger partial charge on any atom is -0.449 e. The number of hydrogen-bond acceptors (Lipinski definition) is 9. The van der Waals surface area contributed by atoms with Gasteiger partial charge in [0.25, 0.3) is 17.1 Å². The lowest BCUT2D eigenvalue weighted by Gasteiger charge is -2.15. The number of hydrogen-bond donors (Lipinski definition) is 0. The van der Waals surface area contributed by atoms with Crippen molar-refractivity contribution in [3.63, 3.8) is 0 Å². The fourth-order valence-electron chi connectivity index (χ4n) is 3.38. The van der Waals surface area contributed by atoms with Crippen LogP contribution in [0.25, 0.3) is 11.0 Å². The molecule has 4 rings (SSSR count). The van der Waals surface area contributed by atoms with E-state index in [2.05, 4.69) is 0 Å². The molecule has 0 spiro atoms. The smallest absolute Gasteiger partial charge is 0.449 e. The number of benzene rings is 3. The highest BCUT2D eigenvalue weighted by Crippen LogP contribution is 2.40. The van der Waals surface area contributed by atoms with Crippen LogP contribution in [0.15, 0.2) is 69.9 Å². The van der Waals surface area contributed by atoms with E-state index in [4.69, 9.17) is 13.9 Å². The maximum absolute atomic E-state index is 13.8. The molecule has 3 aromatic carbocycles.